The molecule has 3 unspecified atom stereocenters. The molecule has 0 aliphatic rings. The van der Waals surface area contributed by atoms with Gasteiger partial charge in [0, 0.05) is 25.7 Å². The highest BCUT2D eigenvalue weighted by molar-refractivity contribution is 7.47. The van der Waals surface area contributed by atoms with Gasteiger partial charge in [-0.3, -0.25) is 37.3 Å². The van der Waals surface area contributed by atoms with Crippen molar-refractivity contribution in [3.8, 4) is 0 Å². The maximum Gasteiger partial charge on any atom is 0.472 e. The van der Waals surface area contributed by atoms with E-state index in [1.165, 1.54) is 212 Å². The van der Waals surface area contributed by atoms with E-state index < -0.39 is 97.5 Å². The zero-order chi connectivity index (χ0) is 68.4. The molecule has 0 saturated carbocycles. The zero-order valence-corrected chi connectivity index (χ0v) is 62.2. The molecule has 6 atom stereocenters. The molecule has 0 bridgehead atoms. The van der Waals surface area contributed by atoms with E-state index in [1.54, 1.807) is 0 Å². The van der Waals surface area contributed by atoms with Crippen LogP contribution in [-0.4, -0.2) is 96.7 Å². The van der Waals surface area contributed by atoms with Crippen molar-refractivity contribution in [3.63, 3.8) is 0 Å². The van der Waals surface area contributed by atoms with Gasteiger partial charge in [-0.15, -0.1) is 0 Å². The summed E-state index contributed by atoms with van der Waals surface area (Å²) < 4.78 is 68.4. The molecule has 0 amide bonds. The van der Waals surface area contributed by atoms with Crippen LogP contribution in [0.25, 0.3) is 0 Å². The number of phosphoric acid groups is 2. The molecular formula is C74H144O17P2. The van der Waals surface area contributed by atoms with E-state index in [9.17, 15) is 43.2 Å². The summed E-state index contributed by atoms with van der Waals surface area (Å²) in [5.41, 5.74) is 0. The molecule has 0 aromatic heterocycles. The average Bonchev–Trinajstić information content (AvgIpc) is 2.70. The number of esters is 4. The molecule has 0 saturated heterocycles. The molecule has 0 aromatic carbocycles. The number of carbonyl (C=O) groups excluding carboxylic acids is 4. The van der Waals surface area contributed by atoms with E-state index in [4.69, 9.17) is 37.0 Å². The number of phosphoric ester groups is 2. The first-order valence-electron chi connectivity index (χ1n) is 38.7. The van der Waals surface area contributed by atoms with Crippen molar-refractivity contribution in [1.82, 2.24) is 0 Å². The topological polar surface area (TPSA) is 237 Å². The van der Waals surface area contributed by atoms with Crippen LogP contribution in [0, 0.1) is 5.92 Å². The van der Waals surface area contributed by atoms with E-state index in [2.05, 4.69) is 34.6 Å². The fourth-order valence-electron chi connectivity index (χ4n) is 11.3. The van der Waals surface area contributed by atoms with Crippen LogP contribution in [0.2, 0.25) is 0 Å². The third-order valence-electron chi connectivity index (χ3n) is 17.6. The van der Waals surface area contributed by atoms with Gasteiger partial charge in [-0.1, -0.05) is 336 Å². The van der Waals surface area contributed by atoms with Crippen molar-refractivity contribution in [2.75, 3.05) is 39.6 Å². The van der Waals surface area contributed by atoms with Crippen LogP contribution in [0.4, 0.5) is 0 Å². The summed E-state index contributed by atoms with van der Waals surface area (Å²) in [6, 6.07) is 0. The second kappa shape index (κ2) is 67.3. The number of rotatable bonds is 74. The molecule has 552 valence electrons. The van der Waals surface area contributed by atoms with E-state index in [1.807, 2.05) is 0 Å². The van der Waals surface area contributed by atoms with Gasteiger partial charge in [0.15, 0.2) is 12.2 Å². The molecule has 0 rings (SSSR count). The Bertz CT molecular complexity index is 1790. The van der Waals surface area contributed by atoms with Crippen molar-refractivity contribution in [1.29, 1.82) is 0 Å². The lowest BCUT2D eigenvalue weighted by Gasteiger charge is -2.21. The summed E-state index contributed by atoms with van der Waals surface area (Å²) in [5, 5.41) is 10.6. The van der Waals surface area contributed by atoms with Crippen molar-refractivity contribution in [2.24, 2.45) is 5.92 Å². The number of aliphatic hydroxyl groups excluding tert-OH is 1. The number of hydrogen-bond donors (Lipinski definition) is 3. The molecular weight excluding hydrogens is 1220 g/mol. The lowest BCUT2D eigenvalue weighted by Crippen LogP contribution is -2.30. The van der Waals surface area contributed by atoms with E-state index >= 15 is 0 Å². The van der Waals surface area contributed by atoms with Gasteiger partial charge in [0.2, 0.25) is 0 Å². The number of ether oxygens (including phenoxy) is 4. The van der Waals surface area contributed by atoms with Gasteiger partial charge in [0.1, 0.15) is 19.3 Å². The van der Waals surface area contributed by atoms with Crippen LogP contribution >= 0.6 is 15.6 Å². The Labute approximate surface area is 568 Å². The smallest absolute Gasteiger partial charge is 0.462 e. The predicted octanol–water partition coefficient (Wildman–Crippen LogP) is 21.7. The van der Waals surface area contributed by atoms with Gasteiger partial charge >= 0.3 is 39.5 Å². The normalized spacial score (nSPS) is 14.3. The van der Waals surface area contributed by atoms with Crippen LogP contribution in [0.3, 0.4) is 0 Å². The summed E-state index contributed by atoms with van der Waals surface area (Å²) in [7, 11) is -9.90. The minimum atomic E-state index is -4.95. The summed E-state index contributed by atoms with van der Waals surface area (Å²) in [4.78, 5) is 72.7. The van der Waals surface area contributed by atoms with E-state index in [0.717, 1.165) is 95.8 Å². The van der Waals surface area contributed by atoms with Crippen molar-refractivity contribution in [2.45, 2.75) is 406 Å². The van der Waals surface area contributed by atoms with E-state index in [0.29, 0.717) is 25.7 Å². The van der Waals surface area contributed by atoms with Crippen molar-refractivity contribution < 1.29 is 80.2 Å². The van der Waals surface area contributed by atoms with Crippen LogP contribution in [-0.2, 0) is 65.4 Å². The van der Waals surface area contributed by atoms with Crippen LogP contribution in [0.1, 0.15) is 388 Å². The van der Waals surface area contributed by atoms with Gasteiger partial charge in [-0.2, -0.15) is 0 Å². The molecule has 0 heterocycles. The first-order chi connectivity index (χ1) is 45.1. The maximum atomic E-state index is 13.1. The van der Waals surface area contributed by atoms with Crippen molar-refractivity contribution >= 4 is 39.5 Å². The summed E-state index contributed by atoms with van der Waals surface area (Å²) in [5.74, 6) is -1.34. The average molecular weight is 1370 g/mol. The summed E-state index contributed by atoms with van der Waals surface area (Å²) in [6.07, 6.45) is 55.4. The Morgan fingerprint density at radius 1 is 0.301 bits per heavy atom. The second-order valence-electron chi connectivity index (χ2n) is 26.9. The number of unbranched alkanes of at least 4 members (excludes halogenated alkanes) is 45. The molecule has 19 heteroatoms. The second-order valence-corrected chi connectivity index (χ2v) is 29.8. The Morgan fingerprint density at radius 2 is 0.516 bits per heavy atom. The molecule has 0 aliphatic carbocycles. The lowest BCUT2D eigenvalue weighted by atomic mass is 9.99. The van der Waals surface area contributed by atoms with Crippen LogP contribution in [0.15, 0.2) is 0 Å². The SMILES string of the molecule is CCCCCCCCCCCCCCCCCCCCCC(=O)O[C@H](COC(=O)CCCCCCCCCCC(C)CC)COP(=O)(O)OC[C@@H](O)COP(=O)(O)OC[C@@H](COC(=O)CCCCCCCCCCCC)OC(=O)CCCCCCCCCCCCCC. The van der Waals surface area contributed by atoms with Crippen LogP contribution < -0.4 is 0 Å². The molecule has 0 spiro atoms. The first-order valence-corrected chi connectivity index (χ1v) is 41.7. The van der Waals surface area contributed by atoms with Gasteiger partial charge in [-0.05, 0) is 31.6 Å². The Balaban J connectivity index is 5.22. The maximum absolute atomic E-state index is 13.1. The minimum absolute atomic E-state index is 0.108. The standard InChI is InChI=1S/C74H144O17P2/c1-6-10-13-16-19-22-25-27-28-29-30-31-32-33-35-38-45-50-55-60-74(79)91-70(64-85-72(77)58-53-48-43-40-39-41-46-51-56-67(5)9-4)66-89-93(82,83)87-62-68(75)61-86-92(80,81)88-65-69(63-84-71(76)57-52-47-42-36-24-21-18-15-12-8-3)90-73(78)59-54-49-44-37-34-26-23-20-17-14-11-7-2/h67-70,75H,6-66H2,1-5H3,(H,80,81)(H,82,83)/t67?,68-,69+,70+/m0/s1. The molecule has 0 fully saturated rings. The minimum Gasteiger partial charge on any atom is -0.462 e. The quantitative estimate of drug-likeness (QED) is 0.0222. The van der Waals surface area contributed by atoms with Gasteiger partial charge in [0.25, 0.3) is 0 Å². The monoisotopic (exact) mass is 1370 g/mol. The predicted molar refractivity (Wildman–Crippen MR) is 377 cm³/mol. The van der Waals surface area contributed by atoms with Gasteiger partial charge < -0.3 is 33.8 Å². The van der Waals surface area contributed by atoms with E-state index in [-0.39, 0.29) is 25.7 Å². The highest BCUT2D eigenvalue weighted by Crippen LogP contribution is 2.45. The summed E-state index contributed by atoms with van der Waals surface area (Å²) >= 11 is 0. The first kappa shape index (κ1) is 91.1. The Hall–Kier alpha value is -1.94. The molecule has 3 N–H and O–H groups in total. The molecule has 93 heavy (non-hydrogen) atoms. The highest BCUT2D eigenvalue weighted by atomic mass is 31.2. The third kappa shape index (κ3) is 67.0. The van der Waals surface area contributed by atoms with Crippen molar-refractivity contribution in [3.05, 3.63) is 0 Å². The third-order valence-corrected chi connectivity index (χ3v) is 19.5. The highest BCUT2D eigenvalue weighted by Gasteiger charge is 2.30. The fourth-order valence-corrected chi connectivity index (χ4v) is 12.9. The van der Waals surface area contributed by atoms with Crippen LogP contribution in [0.5, 0.6) is 0 Å². The molecule has 0 aromatic rings. The van der Waals surface area contributed by atoms with Gasteiger partial charge in [0.05, 0.1) is 26.4 Å². The zero-order valence-electron chi connectivity index (χ0n) is 60.4. The number of carbonyl (C=O) groups is 4. The molecule has 0 aliphatic heterocycles. The Kier molecular flexibility index (Phi) is 65.9. The Morgan fingerprint density at radius 3 is 0.763 bits per heavy atom. The molecule has 17 nitrogen and oxygen atoms in total. The lowest BCUT2D eigenvalue weighted by molar-refractivity contribution is -0.161. The number of aliphatic hydroxyl groups is 1. The molecule has 0 radical (unpaired) electrons. The largest absolute Gasteiger partial charge is 0.472 e. The fraction of sp³-hybridized carbons (Fsp3) is 0.946. The van der Waals surface area contributed by atoms with Gasteiger partial charge in [-0.25, -0.2) is 9.13 Å². The number of hydrogen-bond acceptors (Lipinski definition) is 15. The summed E-state index contributed by atoms with van der Waals surface area (Å²) in [6.45, 7) is 7.27.